The number of nitrogens with zero attached hydrogens (tertiary/aromatic N) is 1. The number of hydrogen-bond acceptors (Lipinski definition) is 3. The quantitative estimate of drug-likeness (QED) is 0.263. The molecule has 8 heavy (non-hydrogen) atoms. The molecule has 0 spiro atoms. The van der Waals surface area contributed by atoms with Crippen molar-refractivity contribution in [2.45, 2.75) is 11.0 Å². The summed E-state index contributed by atoms with van der Waals surface area (Å²) in [6.45, 7) is 1.66. The molecule has 3 nitrogen and oxygen atoms in total. The van der Waals surface area contributed by atoms with Gasteiger partial charge in [-0.3, -0.25) is 0 Å². The van der Waals surface area contributed by atoms with Gasteiger partial charge in [0.15, 0.2) is 5.90 Å². The largest absolute Gasteiger partial charge is 0.410 e. The molecule has 0 aromatic carbocycles. The molecular weight excluding hydrogens is 221 g/mol. The van der Waals surface area contributed by atoms with Gasteiger partial charge in [-0.15, -0.1) is 0 Å². The highest BCUT2D eigenvalue weighted by Crippen LogP contribution is 2.11. The number of hydrogen-bond donors (Lipinski definition) is 0. The van der Waals surface area contributed by atoms with Gasteiger partial charge in [0.2, 0.25) is 4.05 Å². The summed E-state index contributed by atoms with van der Waals surface area (Å²) in [5.74, 6) is 0.206. The van der Waals surface area contributed by atoms with Gasteiger partial charge in [-0.2, -0.15) is 0 Å². The second kappa shape index (κ2) is 2.00. The third-order valence-electron chi connectivity index (χ3n) is 0.738. The van der Waals surface area contributed by atoms with Crippen LogP contribution in [0, 0.1) is 0 Å². The SMILES string of the molecule is CC1=NC(I)C(=O)O1. The van der Waals surface area contributed by atoms with Crippen molar-refractivity contribution in [3.8, 4) is 0 Å². The molecular formula is C4H4INO2. The van der Waals surface area contributed by atoms with Gasteiger partial charge in [0, 0.05) is 6.92 Å². The van der Waals surface area contributed by atoms with E-state index < -0.39 is 0 Å². The molecule has 1 unspecified atom stereocenters. The number of cyclic esters (lactones) is 1. The molecule has 1 aliphatic rings. The Balaban J connectivity index is 2.69. The van der Waals surface area contributed by atoms with E-state index in [0.29, 0.717) is 5.90 Å². The summed E-state index contributed by atoms with van der Waals surface area (Å²) >= 11 is 1.91. The molecule has 1 heterocycles. The van der Waals surface area contributed by atoms with Gasteiger partial charge in [0.1, 0.15) is 0 Å². The van der Waals surface area contributed by atoms with E-state index in [2.05, 4.69) is 9.73 Å². The van der Waals surface area contributed by atoms with Gasteiger partial charge in [-0.1, -0.05) is 0 Å². The zero-order valence-electron chi connectivity index (χ0n) is 4.22. The van der Waals surface area contributed by atoms with Gasteiger partial charge in [-0.05, 0) is 22.6 Å². The van der Waals surface area contributed by atoms with Crippen LogP contribution in [0.3, 0.4) is 0 Å². The average Bonchev–Trinajstić information content (AvgIpc) is 1.85. The molecule has 1 rings (SSSR count). The number of carbonyl (C=O) groups is 1. The molecule has 0 aliphatic carbocycles. The Morgan fingerprint density at radius 1 is 1.88 bits per heavy atom. The Hall–Kier alpha value is -0.130. The Labute approximate surface area is 60.3 Å². The van der Waals surface area contributed by atoms with Gasteiger partial charge in [0.05, 0.1) is 0 Å². The predicted molar refractivity (Wildman–Crippen MR) is 37.0 cm³/mol. The lowest BCUT2D eigenvalue weighted by Crippen LogP contribution is -2.06. The minimum Gasteiger partial charge on any atom is -0.410 e. The van der Waals surface area contributed by atoms with Crippen LogP contribution in [0.1, 0.15) is 6.92 Å². The van der Waals surface area contributed by atoms with E-state index in [-0.39, 0.29) is 10.0 Å². The van der Waals surface area contributed by atoms with Gasteiger partial charge < -0.3 is 4.74 Å². The fourth-order valence-electron chi connectivity index (χ4n) is 0.433. The van der Waals surface area contributed by atoms with Crippen molar-refractivity contribution in [2.24, 2.45) is 4.99 Å². The molecule has 44 valence electrons. The van der Waals surface area contributed by atoms with Crippen LogP contribution in [0.25, 0.3) is 0 Å². The molecule has 0 saturated carbocycles. The monoisotopic (exact) mass is 225 g/mol. The maximum atomic E-state index is 10.4. The molecule has 0 fully saturated rings. The number of esters is 1. The first kappa shape index (κ1) is 6.00. The molecule has 4 heteroatoms. The summed E-state index contributed by atoms with van der Waals surface area (Å²) in [6, 6.07) is 0. The fourth-order valence-corrected chi connectivity index (χ4v) is 0.952. The van der Waals surface area contributed by atoms with Crippen LogP contribution in [0.4, 0.5) is 0 Å². The van der Waals surface area contributed by atoms with Crippen molar-refractivity contribution in [2.75, 3.05) is 0 Å². The molecule has 0 radical (unpaired) electrons. The van der Waals surface area contributed by atoms with E-state index in [1.54, 1.807) is 6.92 Å². The van der Waals surface area contributed by atoms with E-state index in [0.717, 1.165) is 0 Å². The first-order valence-electron chi connectivity index (χ1n) is 2.10. The van der Waals surface area contributed by atoms with Crippen molar-refractivity contribution in [3.05, 3.63) is 0 Å². The normalized spacial score (nSPS) is 27.5. The van der Waals surface area contributed by atoms with Gasteiger partial charge in [0.25, 0.3) is 0 Å². The molecule has 0 aromatic rings. The summed E-state index contributed by atoms with van der Waals surface area (Å²) in [6.07, 6.45) is 0. The van der Waals surface area contributed by atoms with E-state index in [1.807, 2.05) is 22.6 Å². The highest BCUT2D eigenvalue weighted by molar-refractivity contribution is 14.1. The highest BCUT2D eigenvalue weighted by atomic mass is 127. The average molecular weight is 225 g/mol. The molecule has 0 bridgehead atoms. The molecule has 0 amide bonds. The predicted octanol–water partition coefficient (Wildman–Crippen LogP) is 0.723. The Kier molecular flexibility index (Phi) is 1.50. The van der Waals surface area contributed by atoms with Crippen LogP contribution in [-0.4, -0.2) is 15.9 Å². The fraction of sp³-hybridized carbons (Fsp3) is 0.500. The minimum atomic E-state index is -0.312. The van der Waals surface area contributed by atoms with Gasteiger partial charge >= 0.3 is 5.97 Å². The lowest BCUT2D eigenvalue weighted by molar-refractivity contribution is -0.132. The summed E-state index contributed by atoms with van der Waals surface area (Å²) in [4.78, 5) is 14.2. The van der Waals surface area contributed by atoms with Crippen LogP contribution in [-0.2, 0) is 9.53 Å². The van der Waals surface area contributed by atoms with E-state index in [9.17, 15) is 4.79 Å². The molecule has 0 N–H and O–H groups in total. The standard InChI is InChI=1S/C4H4INO2/c1-2-6-3(5)4(7)8-2/h3H,1H3. The second-order valence-corrected chi connectivity index (χ2v) is 2.58. The van der Waals surface area contributed by atoms with E-state index in [4.69, 9.17) is 0 Å². The number of halogens is 1. The maximum Gasteiger partial charge on any atom is 0.347 e. The summed E-state index contributed by atoms with van der Waals surface area (Å²) in [7, 11) is 0. The van der Waals surface area contributed by atoms with Crippen molar-refractivity contribution >= 4 is 34.5 Å². The molecule has 1 aliphatic heterocycles. The number of ether oxygens (including phenoxy) is 1. The van der Waals surface area contributed by atoms with E-state index in [1.165, 1.54) is 0 Å². The van der Waals surface area contributed by atoms with Crippen LogP contribution in [0.5, 0.6) is 0 Å². The second-order valence-electron chi connectivity index (χ2n) is 1.41. The lowest BCUT2D eigenvalue weighted by Gasteiger charge is -1.87. The Morgan fingerprint density at radius 3 is 2.62 bits per heavy atom. The Morgan fingerprint density at radius 2 is 2.50 bits per heavy atom. The summed E-state index contributed by atoms with van der Waals surface area (Å²) < 4.78 is 4.26. The summed E-state index contributed by atoms with van der Waals surface area (Å²) in [5.41, 5.74) is 0. The first-order chi connectivity index (χ1) is 3.70. The van der Waals surface area contributed by atoms with Crippen molar-refractivity contribution < 1.29 is 9.53 Å². The van der Waals surface area contributed by atoms with Crippen LogP contribution in [0.2, 0.25) is 0 Å². The number of alkyl halides is 1. The smallest absolute Gasteiger partial charge is 0.347 e. The third kappa shape index (κ3) is 0.988. The van der Waals surface area contributed by atoms with Crippen molar-refractivity contribution in [3.63, 3.8) is 0 Å². The highest BCUT2D eigenvalue weighted by Gasteiger charge is 2.22. The van der Waals surface area contributed by atoms with E-state index >= 15 is 0 Å². The first-order valence-corrected chi connectivity index (χ1v) is 3.35. The number of aliphatic imine (C=N–C) groups is 1. The number of rotatable bonds is 0. The van der Waals surface area contributed by atoms with Crippen molar-refractivity contribution in [1.82, 2.24) is 0 Å². The van der Waals surface area contributed by atoms with Crippen LogP contribution < -0.4 is 0 Å². The zero-order chi connectivity index (χ0) is 6.15. The number of carbonyl (C=O) groups excluding carboxylic acids is 1. The minimum absolute atomic E-state index is 0.261. The molecule has 0 aromatic heterocycles. The van der Waals surface area contributed by atoms with Crippen molar-refractivity contribution in [1.29, 1.82) is 0 Å². The molecule has 1 atom stereocenters. The molecule has 0 saturated heterocycles. The lowest BCUT2D eigenvalue weighted by atomic mass is 10.7. The Bertz CT molecular complexity index is 154. The summed E-state index contributed by atoms with van der Waals surface area (Å²) in [5, 5.41) is 0. The zero-order valence-corrected chi connectivity index (χ0v) is 6.38. The maximum absolute atomic E-state index is 10.4. The van der Waals surface area contributed by atoms with Crippen LogP contribution in [0.15, 0.2) is 4.99 Å². The van der Waals surface area contributed by atoms with Gasteiger partial charge in [-0.25, -0.2) is 9.79 Å². The topological polar surface area (TPSA) is 38.7 Å². The van der Waals surface area contributed by atoms with Crippen LogP contribution >= 0.6 is 22.6 Å². The third-order valence-corrected chi connectivity index (χ3v) is 1.53.